The van der Waals surface area contributed by atoms with Crippen LogP contribution in [0.1, 0.15) is 11.5 Å². The van der Waals surface area contributed by atoms with Gasteiger partial charge in [0.2, 0.25) is 0 Å². The Balaban J connectivity index is 2.19. The monoisotopic (exact) mass is 284 g/mol. The highest BCUT2D eigenvalue weighted by Gasteiger charge is 2.13. The van der Waals surface area contributed by atoms with Crippen molar-refractivity contribution in [2.24, 2.45) is 0 Å². The van der Waals surface area contributed by atoms with Crippen LogP contribution in [0.15, 0.2) is 22.6 Å². The second-order valence-corrected chi connectivity index (χ2v) is 4.26. The number of aliphatic carboxylic acids is 1. The SMILES string of the molecule is Cc1nc(Nc2ccc(F)c(Cl)c2)oc1CC(=O)O. The third-order valence-corrected chi connectivity index (χ3v) is 2.66. The molecule has 0 amide bonds. The van der Waals surface area contributed by atoms with E-state index in [1.165, 1.54) is 18.2 Å². The second-order valence-electron chi connectivity index (χ2n) is 3.85. The maximum atomic E-state index is 13.0. The Kier molecular flexibility index (Phi) is 3.71. The minimum atomic E-state index is -1.00. The summed E-state index contributed by atoms with van der Waals surface area (Å²) in [6, 6.07) is 4.19. The van der Waals surface area contributed by atoms with Gasteiger partial charge >= 0.3 is 5.97 Å². The van der Waals surface area contributed by atoms with Crippen molar-refractivity contribution in [2.75, 3.05) is 5.32 Å². The Hall–Kier alpha value is -2.08. The van der Waals surface area contributed by atoms with Gasteiger partial charge in [-0.1, -0.05) is 11.6 Å². The number of hydrogen-bond donors (Lipinski definition) is 2. The Bertz CT molecular complexity index is 627. The summed E-state index contributed by atoms with van der Waals surface area (Å²) < 4.78 is 18.2. The Morgan fingerprint density at radius 1 is 1.58 bits per heavy atom. The first kappa shape index (κ1) is 13.4. The van der Waals surface area contributed by atoms with Crippen molar-refractivity contribution < 1.29 is 18.7 Å². The third-order valence-electron chi connectivity index (χ3n) is 2.38. The molecule has 5 nitrogen and oxygen atoms in total. The molecule has 0 radical (unpaired) electrons. The predicted octanol–water partition coefficient (Wildman–Crippen LogP) is 3.15. The number of halogens is 2. The van der Waals surface area contributed by atoms with Crippen LogP contribution in [0.5, 0.6) is 0 Å². The fourth-order valence-corrected chi connectivity index (χ4v) is 1.66. The molecule has 1 aromatic carbocycles. The summed E-state index contributed by atoms with van der Waals surface area (Å²) in [5, 5.41) is 11.4. The minimum Gasteiger partial charge on any atom is -0.481 e. The lowest BCUT2D eigenvalue weighted by Crippen LogP contribution is -1.99. The van der Waals surface area contributed by atoms with Crippen molar-refractivity contribution in [1.82, 2.24) is 4.98 Å². The molecule has 100 valence electrons. The Morgan fingerprint density at radius 3 is 2.95 bits per heavy atom. The summed E-state index contributed by atoms with van der Waals surface area (Å²) in [7, 11) is 0. The van der Waals surface area contributed by atoms with Gasteiger partial charge in [-0.05, 0) is 25.1 Å². The summed E-state index contributed by atoms with van der Waals surface area (Å²) in [5.41, 5.74) is 0.979. The Labute approximate surface area is 113 Å². The lowest BCUT2D eigenvalue weighted by Gasteiger charge is -2.02. The maximum absolute atomic E-state index is 13.0. The standard InChI is InChI=1S/C12H10ClFN2O3/c1-6-10(5-11(17)18)19-12(15-6)16-7-2-3-9(14)8(13)4-7/h2-4H,5H2,1H3,(H,15,16)(H,17,18). The van der Waals surface area contributed by atoms with Crippen LogP contribution in [0.4, 0.5) is 16.1 Å². The lowest BCUT2D eigenvalue weighted by atomic mass is 10.3. The molecular weight excluding hydrogens is 275 g/mol. The fourth-order valence-electron chi connectivity index (χ4n) is 1.48. The van der Waals surface area contributed by atoms with Gasteiger partial charge < -0.3 is 14.8 Å². The van der Waals surface area contributed by atoms with Crippen molar-refractivity contribution in [2.45, 2.75) is 13.3 Å². The molecule has 1 heterocycles. The molecule has 2 N–H and O–H groups in total. The van der Waals surface area contributed by atoms with Crippen LogP contribution in [0.2, 0.25) is 5.02 Å². The largest absolute Gasteiger partial charge is 0.481 e. The topological polar surface area (TPSA) is 75.4 Å². The van der Waals surface area contributed by atoms with E-state index >= 15 is 0 Å². The van der Waals surface area contributed by atoms with E-state index in [0.717, 1.165) is 0 Å². The van der Waals surface area contributed by atoms with E-state index in [2.05, 4.69) is 10.3 Å². The quantitative estimate of drug-likeness (QED) is 0.902. The predicted molar refractivity (Wildman–Crippen MR) is 67.3 cm³/mol. The molecule has 2 aromatic rings. The van der Waals surface area contributed by atoms with Crippen LogP contribution in [0.3, 0.4) is 0 Å². The van der Waals surface area contributed by atoms with Crippen molar-refractivity contribution in [3.8, 4) is 0 Å². The first-order valence-electron chi connectivity index (χ1n) is 5.36. The highest BCUT2D eigenvalue weighted by molar-refractivity contribution is 6.31. The fraction of sp³-hybridized carbons (Fsp3) is 0.167. The summed E-state index contributed by atoms with van der Waals surface area (Å²) in [5.74, 6) is -1.26. The van der Waals surface area contributed by atoms with E-state index < -0.39 is 11.8 Å². The van der Waals surface area contributed by atoms with Gasteiger partial charge in [-0.25, -0.2) is 4.39 Å². The molecule has 7 heteroatoms. The molecule has 19 heavy (non-hydrogen) atoms. The molecule has 0 spiro atoms. The maximum Gasteiger partial charge on any atom is 0.311 e. The normalized spacial score (nSPS) is 10.5. The van der Waals surface area contributed by atoms with Gasteiger partial charge in [0, 0.05) is 5.69 Å². The van der Waals surface area contributed by atoms with Crippen LogP contribution in [0.25, 0.3) is 0 Å². The lowest BCUT2D eigenvalue weighted by molar-refractivity contribution is -0.136. The number of nitrogens with one attached hydrogen (secondary N) is 1. The van der Waals surface area contributed by atoms with Gasteiger partial charge in [0.05, 0.1) is 10.7 Å². The first-order valence-corrected chi connectivity index (χ1v) is 5.73. The molecule has 0 bridgehead atoms. The number of aromatic nitrogens is 1. The third kappa shape index (κ3) is 3.23. The Morgan fingerprint density at radius 2 is 2.32 bits per heavy atom. The van der Waals surface area contributed by atoms with E-state index in [9.17, 15) is 9.18 Å². The average molecular weight is 285 g/mol. The van der Waals surface area contributed by atoms with Crippen LogP contribution in [-0.4, -0.2) is 16.1 Å². The van der Waals surface area contributed by atoms with Crippen molar-refractivity contribution >= 4 is 29.3 Å². The van der Waals surface area contributed by atoms with Gasteiger partial charge in [-0.2, -0.15) is 4.98 Å². The van der Waals surface area contributed by atoms with Crippen LogP contribution >= 0.6 is 11.6 Å². The van der Waals surface area contributed by atoms with Crippen LogP contribution < -0.4 is 5.32 Å². The molecule has 0 fully saturated rings. The molecule has 0 atom stereocenters. The molecule has 0 aliphatic heterocycles. The number of anilines is 2. The van der Waals surface area contributed by atoms with Gasteiger partial charge in [-0.15, -0.1) is 0 Å². The summed E-state index contributed by atoms with van der Waals surface area (Å²) in [4.78, 5) is 14.6. The van der Waals surface area contributed by atoms with Crippen LogP contribution in [-0.2, 0) is 11.2 Å². The van der Waals surface area contributed by atoms with Crippen molar-refractivity contribution in [3.05, 3.63) is 40.5 Å². The minimum absolute atomic E-state index is 0.0287. The second kappa shape index (κ2) is 5.27. The van der Waals surface area contributed by atoms with E-state index in [1.807, 2.05) is 0 Å². The van der Waals surface area contributed by atoms with Gasteiger partial charge in [0.1, 0.15) is 18.0 Å². The van der Waals surface area contributed by atoms with E-state index in [0.29, 0.717) is 11.4 Å². The number of carboxylic acids is 1. The van der Waals surface area contributed by atoms with Crippen LogP contribution in [0, 0.1) is 12.7 Å². The molecule has 0 saturated heterocycles. The highest BCUT2D eigenvalue weighted by Crippen LogP contribution is 2.23. The number of nitrogens with zero attached hydrogens (tertiary/aromatic N) is 1. The zero-order chi connectivity index (χ0) is 14.0. The molecule has 2 rings (SSSR count). The van der Waals surface area contributed by atoms with Gasteiger partial charge in [0.25, 0.3) is 6.01 Å². The number of aryl methyl sites for hydroxylation is 1. The molecule has 0 aliphatic carbocycles. The molecule has 0 saturated carbocycles. The zero-order valence-electron chi connectivity index (χ0n) is 9.91. The molecule has 1 aromatic heterocycles. The summed E-state index contributed by atoms with van der Waals surface area (Å²) >= 11 is 5.64. The smallest absolute Gasteiger partial charge is 0.311 e. The van der Waals surface area contributed by atoms with E-state index in [4.69, 9.17) is 21.1 Å². The number of benzene rings is 1. The highest BCUT2D eigenvalue weighted by atomic mass is 35.5. The number of oxazole rings is 1. The number of rotatable bonds is 4. The molecule has 0 aliphatic rings. The number of carboxylic acid groups (broad SMARTS) is 1. The van der Waals surface area contributed by atoms with E-state index in [-0.39, 0.29) is 23.2 Å². The summed E-state index contributed by atoms with van der Waals surface area (Å²) in [6.45, 7) is 1.64. The van der Waals surface area contributed by atoms with Gasteiger partial charge in [0.15, 0.2) is 0 Å². The molecular formula is C12H10ClFN2O3. The molecule has 0 unspecified atom stereocenters. The zero-order valence-corrected chi connectivity index (χ0v) is 10.7. The first-order chi connectivity index (χ1) is 8.95. The number of carbonyl (C=O) groups is 1. The van der Waals surface area contributed by atoms with E-state index in [1.54, 1.807) is 6.92 Å². The van der Waals surface area contributed by atoms with Crippen molar-refractivity contribution in [3.63, 3.8) is 0 Å². The summed E-state index contributed by atoms with van der Waals surface area (Å²) in [6.07, 6.45) is -0.245. The average Bonchev–Trinajstić information content (AvgIpc) is 2.64. The van der Waals surface area contributed by atoms with Crippen molar-refractivity contribution in [1.29, 1.82) is 0 Å². The van der Waals surface area contributed by atoms with Gasteiger partial charge in [-0.3, -0.25) is 4.79 Å². The number of hydrogen-bond acceptors (Lipinski definition) is 4.